The first-order chi connectivity index (χ1) is 8.24. The number of nitrogens with zero attached hydrogens (tertiary/aromatic N) is 1. The van der Waals surface area contributed by atoms with Crippen LogP contribution in [-0.4, -0.2) is 37.0 Å². The minimum absolute atomic E-state index is 0.240. The van der Waals surface area contributed by atoms with Crippen LogP contribution in [-0.2, 0) is 9.47 Å². The summed E-state index contributed by atoms with van der Waals surface area (Å²) in [6.07, 6.45) is 3.04. The third kappa shape index (κ3) is 4.26. The highest BCUT2D eigenvalue weighted by Crippen LogP contribution is 2.12. The van der Waals surface area contributed by atoms with Crippen molar-refractivity contribution in [2.45, 2.75) is 25.5 Å². The molecule has 2 atom stereocenters. The average molecular weight is 301 g/mol. The van der Waals surface area contributed by atoms with E-state index < -0.39 is 0 Å². The third-order valence-electron chi connectivity index (χ3n) is 2.59. The van der Waals surface area contributed by atoms with Crippen LogP contribution in [0.4, 0.5) is 5.82 Å². The quantitative estimate of drug-likeness (QED) is 0.907. The molecule has 2 rings (SSSR count). The normalized spacial score (nSPS) is 21.4. The first-order valence-electron chi connectivity index (χ1n) is 5.81. The predicted molar refractivity (Wildman–Crippen MR) is 70.2 cm³/mol. The van der Waals surface area contributed by atoms with Gasteiger partial charge in [0.25, 0.3) is 0 Å². The molecular weight excluding hydrogens is 284 g/mol. The van der Waals surface area contributed by atoms with Gasteiger partial charge in [0.1, 0.15) is 5.82 Å². The number of hydrogen-bond donors (Lipinski definition) is 1. The summed E-state index contributed by atoms with van der Waals surface area (Å²) in [5.41, 5.74) is 0. The van der Waals surface area contributed by atoms with Crippen molar-refractivity contribution in [1.29, 1.82) is 0 Å². The molecular formula is C12H17BrN2O2. The summed E-state index contributed by atoms with van der Waals surface area (Å²) in [7, 11) is 0. The van der Waals surface area contributed by atoms with Gasteiger partial charge in [0.2, 0.25) is 0 Å². The van der Waals surface area contributed by atoms with Crippen molar-refractivity contribution < 1.29 is 9.47 Å². The molecule has 5 heteroatoms. The summed E-state index contributed by atoms with van der Waals surface area (Å²) in [4.78, 5) is 4.26. The van der Waals surface area contributed by atoms with E-state index in [1.807, 2.05) is 12.1 Å². The molecule has 17 heavy (non-hydrogen) atoms. The molecule has 0 amide bonds. The number of nitrogens with one attached hydrogen (secondary N) is 1. The van der Waals surface area contributed by atoms with Crippen molar-refractivity contribution >= 4 is 21.7 Å². The fourth-order valence-corrected chi connectivity index (χ4v) is 1.91. The zero-order valence-corrected chi connectivity index (χ0v) is 11.4. The molecule has 0 aliphatic carbocycles. The lowest BCUT2D eigenvalue weighted by molar-refractivity contribution is 0.0395. The topological polar surface area (TPSA) is 43.4 Å². The smallest absolute Gasteiger partial charge is 0.126 e. The van der Waals surface area contributed by atoms with Crippen LogP contribution in [0.2, 0.25) is 0 Å². The highest BCUT2D eigenvalue weighted by molar-refractivity contribution is 9.10. The number of halogens is 1. The maximum Gasteiger partial charge on any atom is 0.126 e. The molecule has 1 aliphatic heterocycles. The summed E-state index contributed by atoms with van der Waals surface area (Å²) >= 11 is 3.36. The molecule has 1 N–H and O–H groups in total. The highest BCUT2D eigenvalue weighted by atomic mass is 79.9. The van der Waals surface area contributed by atoms with Crippen molar-refractivity contribution in [3.63, 3.8) is 0 Å². The lowest BCUT2D eigenvalue weighted by Crippen LogP contribution is -2.26. The van der Waals surface area contributed by atoms with Crippen molar-refractivity contribution in [3.8, 4) is 0 Å². The second-order valence-corrected chi connectivity index (χ2v) is 5.14. The molecule has 2 heterocycles. The summed E-state index contributed by atoms with van der Waals surface area (Å²) in [5.74, 6) is 0.868. The Labute approximate surface area is 110 Å². The van der Waals surface area contributed by atoms with Gasteiger partial charge in [0.15, 0.2) is 0 Å². The number of aromatic nitrogens is 1. The van der Waals surface area contributed by atoms with E-state index in [0.29, 0.717) is 6.61 Å². The van der Waals surface area contributed by atoms with Crippen molar-refractivity contribution in [2.75, 3.05) is 25.1 Å². The van der Waals surface area contributed by atoms with E-state index in [9.17, 15) is 0 Å². The van der Waals surface area contributed by atoms with Gasteiger partial charge in [0, 0.05) is 23.3 Å². The van der Waals surface area contributed by atoms with E-state index in [0.717, 1.165) is 29.9 Å². The Bertz CT molecular complexity index is 339. The van der Waals surface area contributed by atoms with E-state index in [-0.39, 0.29) is 12.1 Å². The van der Waals surface area contributed by atoms with Crippen LogP contribution in [0.3, 0.4) is 0 Å². The van der Waals surface area contributed by atoms with Crippen LogP contribution in [0.1, 0.15) is 13.3 Å². The zero-order chi connectivity index (χ0) is 12.1. The first-order valence-corrected chi connectivity index (χ1v) is 6.61. The minimum Gasteiger partial charge on any atom is -0.379 e. The largest absolute Gasteiger partial charge is 0.379 e. The number of hydrogen-bond acceptors (Lipinski definition) is 4. The van der Waals surface area contributed by atoms with Gasteiger partial charge in [-0.15, -0.1) is 0 Å². The van der Waals surface area contributed by atoms with Gasteiger partial charge in [-0.05, 0) is 41.4 Å². The molecule has 1 aromatic heterocycles. The Kier molecular flexibility index (Phi) is 4.76. The molecule has 1 fully saturated rings. The zero-order valence-electron chi connectivity index (χ0n) is 9.86. The predicted octanol–water partition coefficient (Wildman–Crippen LogP) is 2.45. The highest BCUT2D eigenvalue weighted by Gasteiger charge is 2.16. The van der Waals surface area contributed by atoms with Gasteiger partial charge in [-0.3, -0.25) is 0 Å². The molecule has 4 nitrogen and oxygen atoms in total. The molecule has 1 saturated heterocycles. The van der Waals surface area contributed by atoms with E-state index >= 15 is 0 Å². The Morgan fingerprint density at radius 3 is 3.18 bits per heavy atom. The monoisotopic (exact) mass is 300 g/mol. The van der Waals surface area contributed by atoms with Crippen LogP contribution < -0.4 is 5.32 Å². The number of pyridine rings is 1. The summed E-state index contributed by atoms with van der Waals surface area (Å²) in [6.45, 7) is 4.30. The van der Waals surface area contributed by atoms with Crippen LogP contribution in [0.25, 0.3) is 0 Å². The lowest BCUT2D eigenvalue weighted by Gasteiger charge is -2.17. The van der Waals surface area contributed by atoms with E-state index in [1.165, 1.54) is 0 Å². The average Bonchev–Trinajstić information content (AvgIpc) is 2.83. The second kappa shape index (κ2) is 6.33. The third-order valence-corrected chi connectivity index (χ3v) is 3.06. The SMILES string of the molecule is CC(COC1CCOC1)Nc1ccc(Br)cn1. The van der Waals surface area contributed by atoms with Crippen LogP contribution in [0.5, 0.6) is 0 Å². The first kappa shape index (κ1) is 12.8. The maximum absolute atomic E-state index is 5.74. The van der Waals surface area contributed by atoms with Crippen molar-refractivity contribution in [3.05, 3.63) is 22.8 Å². The van der Waals surface area contributed by atoms with Gasteiger partial charge < -0.3 is 14.8 Å². The van der Waals surface area contributed by atoms with E-state index in [2.05, 4.69) is 33.2 Å². The number of rotatable bonds is 5. The summed E-state index contributed by atoms with van der Waals surface area (Å²) in [5, 5.41) is 3.30. The minimum atomic E-state index is 0.240. The lowest BCUT2D eigenvalue weighted by atomic mass is 10.3. The van der Waals surface area contributed by atoms with Gasteiger partial charge >= 0.3 is 0 Å². The molecule has 0 aromatic carbocycles. The van der Waals surface area contributed by atoms with Gasteiger partial charge in [-0.25, -0.2) is 4.98 Å². The molecule has 1 aromatic rings. The fraction of sp³-hybridized carbons (Fsp3) is 0.583. The molecule has 0 spiro atoms. The molecule has 1 aliphatic rings. The molecule has 94 valence electrons. The Hall–Kier alpha value is -0.650. The van der Waals surface area contributed by atoms with E-state index in [1.54, 1.807) is 6.20 Å². The fourth-order valence-electron chi connectivity index (χ4n) is 1.68. The Morgan fingerprint density at radius 1 is 1.65 bits per heavy atom. The maximum atomic E-state index is 5.74. The van der Waals surface area contributed by atoms with E-state index in [4.69, 9.17) is 9.47 Å². The van der Waals surface area contributed by atoms with Crippen molar-refractivity contribution in [1.82, 2.24) is 4.98 Å². The molecule has 0 saturated carbocycles. The Balaban J connectivity index is 1.72. The van der Waals surface area contributed by atoms with Crippen molar-refractivity contribution in [2.24, 2.45) is 0 Å². The van der Waals surface area contributed by atoms with Gasteiger partial charge in [-0.1, -0.05) is 0 Å². The number of ether oxygens (including phenoxy) is 2. The number of anilines is 1. The molecule has 0 bridgehead atoms. The standard InChI is InChI=1S/C12H17BrN2O2/c1-9(7-17-11-4-5-16-8-11)15-12-3-2-10(13)6-14-12/h2-3,6,9,11H,4-5,7-8H2,1H3,(H,14,15). The summed E-state index contributed by atoms with van der Waals surface area (Å²) < 4.78 is 12.0. The molecule has 2 unspecified atom stereocenters. The van der Waals surface area contributed by atoms with Crippen LogP contribution >= 0.6 is 15.9 Å². The van der Waals surface area contributed by atoms with Gasteiger partial charge in [-0.2, -0.15) is 0 Å². The second-order valence-electron chi connectivity index (χ2n) is 4.23. The van der Waals surface area contributed by atoms with Gasteiger partial charge in [0.05, 0.1) is 19.3 Å². The summed E-state index contributed by atoms with van der Waals surface area (Å²) in [6, 6.07) is 4.15. The molecule has 0 radical (unpaired) electrons. The Morgan fingerprint density at radius 2 is 2.53 bits per heavy atom. The van der Waals surface area contributed by atoms with Crippen LogP contribution in [0.15, 0.2) is 22.8 Å². The van der Waals surface area contributed by atoms with Crippen LogP contribution in [0, 0.1) is 0 Å².